The minimum absolute atomic E-state index is 0.0124. The molecule has 2 heterocycles. The molecule has 9 unspecified atom stereocenters. The highest BCUT2D eigenvalue weighted by Gasteiger charge is 2.61. The summed E-state index contributed by atoms with van der Waals surface area (Å²) in [4.78, 5) is 50.7. The zero-order valence-corrected chi connectivity index (χ0v) is 33.9. The van der Waals surface area contributed by atoms with Crippen molar-refractivity contribution in [2.24, 2.45) is 0 Å². The van der Waals surface area contributed by atoms with Crippen LogP contribution in [0.2, 0.25) is 0 Å². The number of esters is 4. The Balaban J connectivity index is 1.38. The number of methoxy groups -OCH3 is 2. The van der Waals surface area contributed by atoms with E-state index in [0.29, 0.717) is 16.7 Å². The fourth-order valence-electron chi connectivity index (χ4n) is 6.30. The average Bonchev–Trinajstić information content (AvgIpc) is 3.52. The average molecular weight is 883 g/mol. The van der Waals surface area contributed by atoms with Crippen molar-refractivity contribution >= 4 is 42.1 Å². The Morgan fingerprint density at radius 2 is 1.19 bits per heavy atom. The summed E-state index contributed by atoms with van der Waals surface area (Å²) < 4.78 is 49.1. The fraction of sp³-hybridized carbons (Fsp3) is 0.349. The van der Waals surface area contributed by atoms with Crippen molar-refractivity contribution in [2.45, 2.75) is 61.7 Å². The molecule has 7 N–H and O–H groups in total. The van der Waals surface area contributed by atoms with Gasteiger partial charge in [0.25, 0.3) is 0 Å². The molecule has 5 rings (SSSR count). The summed E-state index contributed by atoms with van der Waals surface area (Å²) in [5.74, 6) is -6.62. The first-order valence-corrected chi connectivity index (χ1v) is 19.0. The second-order valence-electron chi connectivity index (χ2n) is 13.9. The van der Waals surface area contributed by atoms with E-state index in [4.69, 9.17) is 42.6 Å². The van der Waals surface area contributed by atoms with Crippen LogP contribution in [0.5, 0.6) is 28.7 Å². The lowest BCUT2D eigenvalue weighted by atomic mass is 9.98. The predicted molar refractivity (Wildman–Crippen MR) is 214 cm³/mol. The first kappa shape index (κ1) is 47.5. The van der Waals surface area contributed by atoms with Gasteiger partial charge in [0, 0.05) is 25.2 Å². The highest BCUT2D eigenvalue weighted by molar-refractivity contribution is 5.88. The number of aliphatic hydroxyl groups is 4. The summed E-state index contributed by atoms with van der Waals surface area (Å²) in [5, 5.41) is 74.2. The molecule has 0 radical (unpaired) electrons. The van der Waals surface area contributed by atoms with Crippen LogP contribution in [-0.2, 0) is 52.3 Å². The summed E-state index contributed by atoms with van der Waals surface area (Å²) in [5.41, 5.74) is 1.31. The molecule has 0 saturated carbocycles. The van der Waals surface area contributed by atoms with Crippen molar-refractivity contribution in [1.29, 1.82) is 0 Å². The van der Waals surface area contributed by atoms with Gasteiger partial charge in [-0.15, -0.1) is 0 Å². The second-order valence-corrected chi connectivity index (χ2v) is 13.9. The Morgan fingerprint density at radius 3 is 1.75 bits per heavy atom. The van der Waals surface area contributed by atoms with E-state index in [1.807, 2.05) is 0 Å². The maximum Gasteiger partial charge on any atom is 0.331 e. The van der Waals surface area contributed by atoms with Crippen molar-refractivity contribution in [3.05, 3.63) is 95.6 Å². The van der Waals surface area contributed by atoms with Crippen LogP contribution in [0, 0.1) is 0 Å². The molecule has 0 spiro atoms. The maximum absolute atomic E-state index is 13.3. The van der Waals surface area contributed by atoms with Crippen molar-refractivity contribution in [3.8, 4) is 28.7 Å². The molecule has 0 aliphatic carbocycles. The molecule has 20 nitrogen and oxygen atoms in total. The molecule has 2 aliphatic heterocycles. The Bertz CT molecular complexity index is 2170. The first-order chi connectivity index (χ1) is 30.1. The molecule has 0 amide bonds. The number of aromatic hydroxyl groups is 3. The summed E-state index contributed by atoms with van der Waals surface area (Å²) in [7, 11) is 2.66. The molecule has 3 aromatic carbocycles. The van der Waals surface area contributed by atoms with Gasteiger partial charge in [-0.25, -0.2) is 14.4 Å². The zero-order chi connectivity index (χ0) is 45.8. The number of phenolic OH excluding ortho intramolecular Hbond substituents is 3. The van der Waals surface area contributed by atoms with Crippen LogP contribution in [0.4, 0.5) is 0 Å². The Hall–Kier alpha value is -6.52. The normalized spacial score (nSPS) is 25.8. The van der Waals surface area contributed by atoms with Crippen LogP contribution >= 0.6 is 0 Å². The van der Waals surface area contributed by atoms with E-state index in [9.17, 15) is 54.9 Å². The number of hydrogen-bond acceptors (Lipinski definition) is 20. The lowest BCUT2D eigenvalue weighted by Crippen LogP contribution is -2.64. The fourth-order valence-corrected chi connectivity index (χ4v) is 6.30. The number of carbonyl (C=O) groups is 4. The van der Waals surface area contributed by atoms with Gasteiger partial charge in [0.15, 0.2) is 41.5 Å². The van der Waals surface area contributed by atoms with Crippen molar-refractivity contribution in [3.63, 3.8) is 0 Å². The molecule has 2 fully saturated rings. The minimum atomic E-state index is -2.63. The van der Waals surface area contributed by atoms with Gasteiger partial charge in [-0.3, -0.25) is 4.79 Å². The molecule has 63 heavy (non-hydrogen) atoms. The Kier molecular flexibility index (Phi) is 16.2. The highest BCUT2D eigenvalue weighted by Crippen LogP contribution is 2.39. The molecule has 9 atom stereocenters. The van der Waals surface area contributed by atoms with Gasteiger partial charge >= 0.3 is 23.9 Å². The SMILES string of the molecule is COc1cc(C=CC(=O)OCC2OC(CO)(OC3OC(COC(C)=O)C(OC(=O)C=Cc4ccc(O)cc4)C(O)C3O)C(OC(=O)C=Cc3ccc(O)c(OC)c3)C2O)ccc1O. The van der Waals surface area contributed by atoms with Gasteiger partial charge in [-0.2, -0.15) is 0 Å². The van der Waals surface area contributed by atoms with Crippen LogP contribution in [0.25, 0.3) is 18.2 Å². The monoisotopic (exact) mass is 882 g/mol. The molecule has 338 valence electrons. The van der Waals surface area contributed by atoms with E-state index in [1.54, 1.807) is 0 Å². The lowest BCUT2D eigenvalue weighted by molar-refractivity contribution is -0.383. The summed E-state index contributed by atoms with van der Waals surface area (Å²) in [6, 6.07) is 14.2. The van der Waals surface area contributed by atoms with Crippen LogP contribution < -0.4 is 9.47 Å². The van der Waals surface area contributed by atoms with Crippen molar-refractivity contribution in [1.82, 2.24) is 0 Å². The van der Waals surface area contributed by atoms with Gasteiger partial charge < -0.3 is 78.4 Å². The van der Waals surface area contributed by atoms with E-state index < -0.39 is 98.5 Å². The molecular weight excluding hydrogens is 836 g/mol. The Labute approximate surface area is 359 Å². The van der Waals surface area contributed by atoms with Gasteiger partial charge in [0.05, 0.1) is 14.2 Å². The lowest BCUT2D eigenvalue weighted by Gasteiger charge is -2.44. The van der Waals surface area contributed by atoms with Crippen LogP contribution in [0.1, 0.15) is 23.6 Å². The first-order valence-electron chi connectivity index (χ1n) is 19.0. The number of hydrogen-bond donors (Lipinski definition) is 7. The number of benzene rings is 3. The summed E-state index contributed by atoms with van der Waals surface area (Å²) in [6.45, 7) is -1.56. The molecule has 0 bridgehead atoms. The van der Waals surface area contributed by atoms with Gasteiger partial charge in [-0.05, 0) is 71.3 Å². The zero-order valence-electron chi connectivity index (χ0n) is 33.9. The standard InChI is InChI=1S/C43H46O20/c1-23(45)57-21-33-40(60-35(50)16-8-24-4-11-27(46)12-5-24)38(53)39(54)42(59-33)63-43(22-44)41(61-36(51)17-10-26-7-14-29(48)31(19-26)56-3)37(52)32(62-43)20-58-34(49)15-9-25-6-13-28(47)30(18-25)55-2/h4-19,32-33,37-42,44,46-48,52-54H,20-22H2,1-3H3. The largest absolute Gasteiger partial charge is 0.508 e. The maximum atomic E-state index is 13.3. The van der Waals surface area contributed by atoms with Crippen LogP contribution in [-0.4, -0.2) is 148 Å². The van der Waals surface area contributed by atoms with Crippen molar-refractivity contribution in [2.75, 3.05) is 34.0 Å². The molecular formula is C43H46O20. The van der Waals surface area contributed by atoms with Gasteiger partial charge in [-0.1, -0.05) is 24.3 Å². The second kappa shape index (κ2) is 21.5. The van der Waals surface area contributed by atoms with E-state index in [1.165, 1.54) is 93.1 Å². The number of phenols is 3. The topological polar surface area (TPSA) is 293 Å². The third-order valence-corrected chi connectivity index (χ3v) is 9.52. The van der Waals surface area contributed by atoms with E-state index in [-0.39, 0.29) is 28.7 Å². The van der Waals surface area contributed by atoms with Gasteiger partial charge in [0.1, 0.15) is 56.1 Å². The molecule has 20 heteroatoms. The molecule has 0 aromatic heterocycles. The summed E-state index contributed by atoms with van der Waals surface area (Å²) >= 11 is 0. The molecule has 2 aliphatic rings. The summed E-state index contributed by atoms with van der Waals surface area (Å²) in [6.07, 6.45) is -8.04. The predicted octanol–water partition coefficient (Wildman–Crippen LogP) is 1.10. The van der Waals surface area contributed by atoms with Crippen LogP contribution in [0.15, 0.2) is 78.9 Å². The van der Waals surface area contributed by atoms with E-state index in [2.05, 4.69) is 0 Å². The molecule has 2 saturated heterocycles. The highest BCUT2D eigenvalue weighted by atomic mass is 16.8. The van der Waals surface area contributed by atoms with Crippen molar-refractivity contribution < 1.29 is 97.6 Å². The number of aliphatic hydroxyl groups excluding tert-OH is 4. The number of carbonyl (C=O) groups excluding carboxylic acids is 4. The van der Waals surface area contributed by atoms with Gasteiger partial charge in [0.2, 0.25) is 5.79 Å². The smallest absolute Gasteiger partial charge is 0.331 e. The van der Waals surface area contributed by atoms with Crippen LogP contribution in [0.3, 0.4) is 0 Å². The third kappa shape index (κ3) is 12.3. The number of rotatable bonds is 17. The third-order valence-electron chi connectivity index (χ3n) is 9.52. The Morgan fingerprint density at radius 1 is 0.667 bits per heavy atom. The van der Waals surface area contributed by atoms with E-state index in [0.717, 1.165) is 25.2 Å². The quantitative estimate of drug-likeness (QED) is 0.0567. The number of ether oxygens (including phenoxy) is 9. The molecule has 3 aromatic rings. The van der Waals surface area contributed by atoms with E-state index >= 15 is 0 Å². The minimum Gasteiger partial charge on any atom is -0.508 e.